The van der Waals surface area contributed by atoms with Gasteiger partial charge in [0.1, 0.15) is 11.8 Å². The van der Waals surface area contributed by atoms with E-state index < -0.39 is 11.8 Å². The van der Waals surface area contributed by atoms with Gasteiger partial charge in [0.2, 0.25) is 0 Å². The number of hydrogen-bond donors (Lipinski definition) is 2. The van der Waals surface area contributed by atoms with E-state index in [0.29, 0.717) is 0 Å². The van der Waals surface area contributed by atoms with E-state index >= 15 is 0 Å². The highest BCUT2D eigenvalue weighted by atomic mass is 19.1. The number of nitrogens with zero attached hydrogens (tertiary/aromatic N) is 2. The maximum atomic E-state index is 13.0. The Bertz CT molecular complexity index is 558. The Morgan fingerprint density at radius 2 is 2.19 bits per heavy atom. The van der Waals surface area contributed by atoms with Crippen molar-refractivity contribution in [2.75, 3.05) is 0 Å². The zero-order valence-corrected chi connectivity index (χ0v) is 7.85. The summed E-state index contributed by atoms with van der Waals surface area (Å²) in [4.78, 5) is 12.4. The molecule has 0 amide bonds. The van der Waals surface area contributed by atoms with E-state index in [2.05, 4.69) is 0 Å². The molecule has 6 nitrogen and oxygen atoms in total. The SMILES string of the molecule is O=C(O)c1coc2c(F)cccc12.[N-]=[N+]=N. The fourth-order valence-electron chi connectivity index (χ4n) is 1.19. The Morgan fingerprint density at radius 3 is 2.75 bits per heavy atom. The monoisotopic (exact) mass is 223 g/mol. The van der Waals surface area contributed by atoms with Crippen LogP contribution in [0.3, 0.4) is 0 Å². The number of carboxylic acid groups (broad SMARTS) is 1. The standard InChI is InChI=1S/C9H5FO3.HN3/c10-7-3-1-2-5-6(9(11)12)4-13-8(5)7;1-3-2/h1-4H,(H,11,12);1H. The van der Waals surface area contributed by atoms with Crippen LogP contribution in [0.1, 0.15) is 10.4 Å². The number of para-hydroxylation sites is 1. The minimum atomic E-state index is -1.12. The van der Waals surface area contributed by atoms with E-state index in [0.717, 1.165) is 6.26 Å². The van der Waals surface area contributed by atoms with Gasteiger partial charge in [-0.15, -0.1) is 5.53 Å². The first-order chi connectivity index (χ1) is 7.61. The minimum absolute atomic E-state index is 0.0140. The summed E-state index contributed by atoms with van der Waals surface area (Å²) in [6.07, 6.45) is 1.04. The van der Waals surface area contributed by atoms with Gasteiger partial charge in [0, 0.05) is 5.39 Å². The Balaban J connectivity index is 0.000000386. The Morgan fingerprint density at radius 1 is 1.56 bits per heavy atom. The maximum absolute atomic E-state index is 13.0. The lowest BCUT2D eigenvalue weighted by Gasteiger charge is -1.90. The fraction of sp³-hybridized carbons (Fsp3) is 0. The van der Waals surface area contributed by atoms with Gasteiger partial charge < -0.3 is 9.52 Å². The molecule has 82 valence electrons. The molecule has 2 N–H and O–H groups in total. The fourth-order valence-corrected chi connectivity index (χ4v) is 1.19. The van der Waals surface area contributed by atoms with Crippen LogP contribution in [0.25, 0.3) is 21.4 Å². The Kier molecular flexibility index (Phi) is 3.47. The van der Waals surface area contributed by atoms with Gasteiger partial charge in [-0.25, -0.2) is 9.18 Å². The van der Waals surface area contributed by atoms with Crippen LogP contribution in [0.2, 0.25) is 0 Å². The number of nitrogens with one attached hydrogen (secondary N) is 1. The van der Waals surface area contributed by atoms with Gasteiger partial charge in [-0.05, 0) is 16.5 Å². The molecule has 0 spiro atoms. The lowest BCUT2D eigenvalue weighted by Crippen LogP contribution is -1.93. The topological polar surface area (TPSA) is 111 Å². The van der Waals surface area contributed by atoms with Crippen molar-refractivity contribution in [2.24, 2.45) is 0 Å². The number of fused-ring (bicyclic) bond motifs is 1. The van der Waals surface area contributed by atoms with Crippen molar-refractivity contribution in [1.82, 2.24) is 0 Å². The number of carbonyl (C=O) groups is 1. The number of furan rings is 1. The van der Waals surface area contributed by atoms with Crippen LogP contribution in [-0.2, 0) is 0 Å². The van der Waals surface area contributed by atoms with E-state index in [1.165, 1.54) is 18.2 Å². The molecule has 0 saturated heterocycles. The molecule has 0 unspecified atom stereocenters. The highest BCUT2D eigenvalue weighted by Crippen LogP contribution is 2.23. The van der Waals surface area contributed by atoms with Gasteiger partial charge in [-0.1, -0.05) is 12.1 Å². The molecule has 2 rings (SSSR count). The normalized spacial score (nSPS) is 9.06. The van der Waals surface area contributed by atoms with Crippen LogP contribution in [0.15, 0.2) is 28.9 Å². The maximum Gasteiger partial charge on any atom is 0.339 e. The van der Waals surface area contributed by atoms with Crippen LogP contribution in [0, 0.1) is 11.3 Å². The van der Waals surface area contributed by atoms with Crippen LogP contribution >= 0.6 is 0 Å². The van der Waals surface area contributed by atoms with Gasteiger partial charge in [0.15, 0.2) is 11.4 Å². The molecule has 2 aromatic rings. The van der Waals surface area contributed by atoms with E-state index in [1.807, 2.05) is 0 Å². The first-order valence-corrected chi connectivity index (χ1v) is 4.01. The van der Waals surface area contributed by atoms with Gasteiger partial charge in [-0.3, -0.25) is 0 Å². The average Bonchev–Trinajstić information content (AvgIpc) is 2.64. The average molecular weight is 223 g/mol. The Hall–Kier alpha value is -2.53. The summed E-state index contributed by atoms with van der Waals surface area (Å²) in [6.45, 7) is 0. The van der Waals surface area contributed by atoms with Crippen LogP contribution in [-0.4, -0.2) is 11.1 Å². The van der Waals surface area contributed by atoms with Crippen molar-refractivity contribution < 1.29 is 18.7 Å². The Labute approximate surface area is 88.3 Å². The predicted molar refractivity (Wildman–Crippen MR) is 52.6 cm³/mol. The predicted octanol–water partition coefficient (Wildman–Crippen LogP) is 3.15. The zero-order valence-electron chi connectivity index (χ0n) is 7.85. The summed E-state index contributed by atoms with van der Waals surface area (Å²) in [7, 11) is 0. The molecule has 0 aliphatic rings. The molecule has 0 bridgehead atoms. The summed E-state index contributed by atoms with van der Waals surface area (Å²) in [6, 6.07) is 4.17. The number of hydrogen-bond acceptors (Lipinski definition) is 3. The van der Waals surface area contributed by atoms with Crippen LogP contribution < -0.4 is 0 Å². The molecular weight excluding hydrogens is 217 g/mol. The molecule has 16 heavy (non-hydrogen) atoms. The minimum Gasteiger partial charge on any atom is -0.478 e. The van der Waals surface area contributed by atoms with Gasteiger partial charge >= 0.3 is 5.97 Å². The molecule has 1 aromatic heterocycles. The second-order valence-corrected chi connectivity index (χ2v) is 2.67. The number of aromatic carboxylic acids is 1. The summed E-state index contributed by atoms with van der Waals surface area (Å²) in [5, 5.41) is 8.96. The quantitative estimate of drug-likeness (QED) is 0.440. The van der Waals surface area contributed by atoms with Crippen molar-refractivity contribution >= 4 is 16.9 Å². The molecule has 0 atom stereocenters. The second kappa shape index (κ2) is 4.81. The van der Waals surface area contributed by atoms with E-state index in [4.69, 9.17) is 20.6 Å². The van der Waals surface area contributed by atoms with Crippen molar-refractivity contribution in [3.05, 3.63) is 46.3 Å². The third kappa shape index (κ3) is 2.10. The molecular formula is C9H6FN3O3. The van der Waals surface area contributed by atoms with E-state index in [1.54, 1.807) is 4.91 Å². The second-order valence-electron chi connectivity index (χ2n) is 2.67. The summed E-state index contributed by atoms with van der Waals surface area (Å²) in [5.41, 5.74) is 12.2. The number of carboxylic acids is 1. The van der Waals surface area contributed by atoms with Gasteiger partial charge in [0.05, 0.1) is 0 Å². The lowest BCUT2D eigenvalue weighted by molar-refractivity contribution is 0.0698. The number of rotatable bonds is 1. The third-order valence-electron chi connectivity index (χ3n) is 1.78. The molecule has 7 heteroatoms. The molecule has 0 radical (unpaired) electrons. The number of benzene rings is 1. The first-order valence-electron chi connectivity index (χ1n) is 4.01. The van der Waals surface area contributed by atoms with Crippen molar-refractivity contribution in [2.45, 2.75) is 0 Å². The van der Waals surface area contributed by atoms with Gasteiger partial charge in [0.25, 0.3) is 0 Å². The zero-order chi connectivity index (χ0) is 12.1. The molecule has 1 heterocycles. The lowest BCUT2D eigenvalue weighted by atomic mass is 10.2. The first kappa shape index (κ1) is 11.5. The van der Waals surface area contributed by atoms with E-state index in [9.17, 15) is 9.18 Å². The van der Waals surface area contributed by atoms with Crippen LogP contribution in [0.4, 0.5) is 4.39 Å². The third-order valence-corrected chi connectivity index (χ3v) is 1.78. The number of halogens is 1. The van der Waals surface area contributed by atoms with Crippen molar-refractivity contribution in [1.29, 1.82) is 5.53 Å². The molecule has 0 aliphatic carbocycles. The summed E-state index contributed by atoms with van der Waals surface area (Å²) >= 11 is 0. The smallest absolute Gasteiger partial charge is 0.339 e. The highest BCUT2D eigenvalue weighted by Gasteiger charge is 2.14. The van der Waals surface area contributed by atoms with E-state index in [-0.39, 0.29) is 16.5 Å². The van der Waals surface area contributed by atoms with Crippen molar-refractivity contribution in [3.63, 3.8) is 0 Å². The molecule has 0 saturated carbocycles. The van der Waals surface area contributed by atoms with Crippen molar-refractivity contribution in [3.8, 4) is 0 Å². The summed E-state index contributed by atoms with van der Waals surface area (Å²) < 4.78 is 17.8. The van der Waals surface area contributed by atoms with Crippen LogP contribution in [0.5, 0.6) is 0 Å². The molecule has 0 aliphatic heterocycles. The molecule has 0 fully saturated rings. The van der Waals surface area contributed by atoms with Gasteiger partial charge in [-0.2, -0.15) is 0 Å². The molecule has 1 aromatic carbocycles. The highest BCUT2D eigenvalue weighted by molar-refractivity contribution is 6.02. The largest absolute Gasteiger partial charge is 0.478 e. The summed E-state index contributed by atoms with van der Waals surface area (Å²) in [5.74, 6) is -1.67.